The van der Waals surface area contributed by atoms with Gasteiger partial charge in [-0.2, -0.15) is 0 Å². The van der Waals surface area contributed by atoms with Gasteiger partial charge in [-0.3, -0.25) is 0 Å². The molecular formula is C12H22Br2O2. The third kappa shape index (κ3) is 4.47. The molecule has 0 unspecified atom stereocenters. The molecule has 0 spiro atoms. The third-order valence-electron chi connectivity index (χ3n) is 2.35. The molecule has 0 aromatic heterocycles. The van der Waals surface area contributed by atoms with Gasteiger partial charge in [0, 0.05) is 8.96 Å². The summed E-state index contributed by atoms with van der Waals surface area (Å²) in [4.78, 5) is 0. The van der Waals surface area contributed by atoms with Crippen molar-refractivity contribution in [2.45, 2.75) is 53.8 Å². The Morgan fingerprint density at radius 3 is 1.06 bits per heavy atom. The maximum atomic E-state index is 10.1. The van der Waals surface area contributed by atoms with Gasteiger partial charge >= 0.3 is 0 Å². The van der Waals surface area contributed by atoms with Crippen molar-refractivity contribution in [1.82, 2.24) is 0 Å². The molecule has 0 fully saturated rings. The molecule has 0 saturated heterocycles. The van der Waals surface area contributed by atoms with Crippen molar-refractivity contribution < 1.29 is 10.2 Å². The molecule has 0 amide bonds. The molecule has 16 heavy (non-hydrogen) atoms. The first-order valence-corrected chi connectivity index (χ1v) is 6.89. The van der Waals surface area contributed by atoms with E-state index in [2.05, 4.69) is 31.9 Å². The zero-order chi connectivity index (χ0) is 13.3. The van der Waals surface area contributed by atoms with E-state index in [0.717, 1.165) is 0 Å². The number of aliphatic hydroxyl groups is 2. The van der Waals surface area contributed by atoms with Crippen LogP contribution in [0.5, 0.6) is 0 Å². The lowest BCUT2D eigenvalue weighted by Gasteiger charge is -2.30. The van der Waals surface area contributed by atoms with Crippen LogP contribution < -0.4 is 0 Å². The maximum Gasteiger partial charge on any atom is 0.0911 e. The molecule has 0 heterocycles. The predicted octanol–water partition coefficient (Wildman–Crippen LogP) is 3.80. The first-order chi connectivity index (χ1) is 6.89. The molecule has 4 heteroatoms. The van der Waals surface area contributed by atoms with Gasteiger partial charge in [0.2, 0.25) is 0 Å². The van der Waals surface area contributed by atoms with Crippen molar-refractivity contribution in [3.63, 3.8) is 0 Å². The fourth-order valence-corrected chi connectivity index (χ4v) is 2.83. The molecule has 0 aliphatic rings. The molecule has 2 atom stereocenters. The minimum atomic E-state index is -0.640. The lowest BCUT2D eigenvalue weighted by molar-refractivity contribution is 0.0872. The van der Waals surface area contributed by atoms with E-state index in [1.807, 2.05) is 41.5 Å². The molecule has 0 bridgehead atoms. The number of hydrogen-bond donors (Lipinski definition) is 2. The second-order valence-electron chi connectivity index (χ2n) is 6.23. The Kier molecular flexibility index (Phi) is 5.72. The fourth-order valence-electron chi connectivity index (χ4n) is 1.02. The second-order valence-corrected chi connectivity index (χ2v) is 7.94. The monoisotopic (exact) mass is 356 g/mol. The van der Waals surface area contributed by atoms with E-state index < -0.39 is 12.2 Å². The van der Waals surface area contributed by atoms with Gasteiger partial charge in [0.05, 0.1) is 12.2 Å². The summed E-state index contributed by atoms with van der Waals surface area (Å²) < 4.78 is 1.23. The topological polar surface area (TPSA) is 40.5 Å². The van der Waals surface area contributed by atoms with Crippen LogP contribution in [-0.4, -0.2) is 22.4 Å². The smallest absolute Gasteiger partial charge is 0.0911 e. The van der Waals surface area contributed by atoms with Crippen molar-refractivity contribution >= 4 is 31.9 Å². The number of rotatable bonds is 2. The molecule has 0 radical (unpaired) electrons. The summed E-state index contributed by atoms with van der Waals surface area (Å²) in [6.07, 6.45) is -1.28. The second kappa shape index (κ2) is 5.51. The summed E-state index contributed by atoms with van der Waals surface area (Å²) in [5, 5.41) is 20.2. The molecule has 96 valence electrons. The minimum absolute atomic E-state index is 0.268. The molecule has 2 N–H and O–H groups in total. The first-order valence-electron chi connectivity index (χ1n) is 5.30. The number of aliphatic hydroxyl groups excluding tert-OH is 2. The molecule has 0 aromatic carbocycles. The highest BCUT2D eigenvalue weighted by Crippen LogP contribution is 2.37. The van der Waals surface area contributed by atoms with E-state index in [9.17, 15) is 10.2 Å². The molecule has 0 saturated carbocycles. The zero-order valence-corrected chi connectivity index (χ0v) is 14.0. The van der Waals surface area contributed by atoms with Crippen molar-refractivity contribution in [2.24, 2.45) is 10.8 Å². The summed E-state index contributed by atoms with van der Waals surface area (Å²) in [5.74, 6) is 0. The van der Waals surface area contributed by atoms with Gasteiger partial charge in [0.15, 0.2) is 0 Å². The molecule has 0 aliphatic carbocycles. The molecule has 0 rings (SSSR count). The highest BCUT2D eigenvalue weighted by Gasteiger charge is 2.31. The number of hydrogen-bond acceptors (Lipinski definition) is 2. The molecule has 0 aromatic rings. The van der Waals surface area contributed by atoms with Crippen LogP contribution >= 0.6 is 31.9 Å². The molecular weight excluding hydrogens is 336 g/mol. The Bertz CT molecular complexity index is 244. The Balaban J connectivity index is 5.12. The highest BCUT2D eigenvalue weighted by atomic mass is 79.9. The minimum Gasteiger partial charge on any atom is -0.387 e. The van der Waals surface area contributed by atoms with Crippen LogP contribution in [0.15, 0.2) is 8.96 Å². The van der Waals surface area contributed by atoms with Gasteiger partial charge in [-0.05, 0) is 10.8 Å². The Hall–Kier alpha value is 0.620. The van der Waals surface area contributed by atoms with Gasteiger partial charge in [-0.15, -0.1) is 0 Å². The first kappa shape index (κ1) is 16.6. The van der Waals surface area contributed by atoms with Gasteiger partial charge in [0.25, 0.3) is 0 Å². The van der Waals surface area contributed by atoms with E-state index >= 15 is 0 Å². The molecule has 2 nitrogen and oxygen atoms in total. The third-order valence-corrected chi connectivity index (χ3v) is 4.60. The summed E-state index contributed by atoms with van der Waals surface area (Å²) >= 11 is 6.72. The SMILES string of the molecule is CC(C)(C)[C@@H](O)/C(Br)=C(\Br)[C@H](O)C(C)(C)C. The normalized spacial score (nSPS) is 19.1. The number of halogens is 2. The van der Waals surface area contributed by atoms with Crippen LogP contribution in [0.3, 0.4) is 0 Å². The predicted molar refractivity (Wildman–Crippen MR) is 75.8 cm³/mol. The van der Waals surface area contributed by atoms with Crippen molar-refractivity contribution in [3.05, 3.63) is 8.96 Å². The summed E-state index contributed by atoms with van der Waals surface area (Å²) in [5.41, 5.74) is -0.537. The van der Waals surface area contributed by atoms with Crippen LogP contribution in [0.1, 0.15) is 41.5 Å². The van der Waals surface area contributed by atoms with Gasteiger partial charge in [0.1, 0.15) is 0 Å². The van der Waals surface area contributed by atoms with Gasteiger partial charge < -0.3 is 10.2 Å². The largest absolute Gasteiger partial charge is 0.387 e. The van der Waals surface area contributed by atoms with E-state index in [1.165, 1.54) is 0 Å². The van der Waals surface area contributed by atoms with Crippen molar-refractivity contribution in [3.8, 4) is 0 Å². The summed E-state index contributed by atoms with van der Waals surface area (Å²) in [6, 6.07) is 0. The quantitative estimate of drug-likeness (QED) is 0.789. The molecule has 0 aliphatic heterocycles. The standard InChI is InChI=1S/C12H22Br2O2/c1-11(2,3)9(15)7(13)8(14)10(16)12(4,5)6/h9-10,15-16H,1-6H3/b8-7+/t9-,10-/m0/s1. The lowest BCUT2D eigenvalue weighted by Crippen LogP contribution is -2.31. The summed E-state index contributed by atoms with van der Waals surface area (Å²) in [6.45, 7) is 11.7. The van der Waals surface area contributed by atoms with Gasteiger partial charge in [-0.25, -0.2) is 0 Å². The average molecular weight is 358 g/mol. The van der Waals surface area contributed by atoms with E-state index in [-0.39, 0.29) is 10.8 Å². The van der Waals surface area contributed by atoms with Crippen molar-refractivity contribution in [1.29, 1.82) is 0 Å². The maximum absolute atomic E-state index is 10.1. The zero-order valence-electron chi connectivity index (χ0n) is 10.8. The Morgan fingerprint density at radius 1 is 0.750 bits per heavy atom. The fraction of sp³-hybridized carbons (Fsp3) is 0.833. The Labute approximate surface area is 115 Å². The van der Waals surface area contributed by atoms with Crippen LogP contribution in [0.25, 0.3) is 0 Å². The van der Waals surface area contributed by atoms with Crippen LogP contribution in [0.4, 0.5) is 0 Å². The van der Waals surface area contributed by atoms with Crippen LogP contribution in [0, 0.1) is 10.8 Å². The van der Waals surface area contributed by atoms with E-state index in [4.69, 9.17) is 0 Å². The van der Waals surface area contributed by atoms with Crippen LogP contribution in [0.2, 0.25) is 0 Å². The Morgan fingerprint density at radius 2 is 0.938 bits per heavy atom. The van der Waals surface area contributed by atoms with Crippen LogP contribution in [-0.2, 0) is 0 Å². The van der Waals surface area contributed by atoms with E-state index in [1.54, 1.807) is 0 Å². The van der Waals surface area contributed by atoms with E-state index in [0.29, 0.717) is 8.96 Å². The van der Waals surface area contributed by atoms with Crippen molar-refractivity contribution in [2.75, 3.05) is 0 Å². The average Bonchev–Trinajstić information content (AvgIpc) is 2.10. The lowest BCUT2D eigenvalue weighted by atomic mass is 9.85. The summed E-state index contributed by atoms with van der Waals surface area (Å²) in [7, 11) is 0. The van der Waals surface area contributed by atoms with Gasteiger partial charge in [-0.1, -0.05) is 73.4 Å². The highest BCUT2D eigenvalue weighted by molar-refractivity contribution is 9.14.